The molecule has 5 heteroatoms. The lowest BCUT2D eigenvalue weighted by molar-refractivity contribution is 0.0242. The molecule has 5 nitrogen and oxygen atoms in total. The molecule has 0 unspecified atom stereocenters. The van der Waals surface area contributed by atoms with Crippen LogP contribution in [0.25, 0.3) is 0 Å². The van der Waals surface area contributed by atoms with Gasteiger partial charge in [0, 0.05) is 19.2 Å². The van der Waals surface area contributed by atoms with Crippen molar-refractivity contribution < 1.29 is 9.53 Å². The first kappa shape index (κ1) is 13.5. The van der Waals surface area contributed by atoms with Crippen LogP contribution in [0.4, 0.5) is 16.2 Å². The minimum absolute atomic E-state index is 0.288. The molecule has 0 fully saturated rings. The number of ether oxygens (including phenoxy) is 1. The average Bonchev–Trinajstić information content (AvgIpc) is 2.70. The number of hydrogen-bond donors (Lipinski definition) is 2. The summed E-state index contributed by atoms with van der Waals surface area (Å²) >= 11 is 0. The summed E-state index contributed by atoms with van der Waals surface area (Å²) in [5.74, 6) is 0. The zero-order valence-electron chi connectivity index (χ0n) is 11.9. The van der Waals surface area contributed by atoms with E-state index in [0.29, 0.717) is 18.8 Å². The normalized spacial score (nSPS) is 14.2. The first-order chi connectivity index (χ1) is 8.81. The van der Waals surface area contributed by atoms with Crippen LogP contribution in [0.2, 0.25) is 0 Å². The number of nitrogen functional groups attached to an aromatic ring is 1. The van der Waals surface area contributed by atoms with Gasteiger partial charge in [0.25, 0.3) is 0 Å². The van der Waals surface area contributed by atoms with E-state index >= 15 is 0 Å². The molecule has 0 saturated heterocycles. The summed E-state index contributed by atoms with van der Waals surface area (Å²) in [7, 11) is 1.84. The van der Waals surface area contributed by atoms with Gasteiger partial charge < -0.3 is 15.8 Å². The third-order valence-corrected chi connectivity index (χ3v) is 3.05. The Hall–Kier alpha value is -1.91. The fourth-order valence-corrected chi connectivity index (χ4v) is 2.24. The van der Waals surface area contributed by atoms with Crippen molar-refractivity contribution in [3.8, 4) is 0 Å². The Kier molecular flexibility index (Phi) is 3.30. The van der Waals surface area contributed by atoms with Gasteiger partial charge in [0.1, 0.15) is 5.60 Å². The van der Waals surface area contributed by atoms with E-state index in [1.807, 2.05) is 40.0 Å². The smallest absolute Gasteiger partial charge is 0.410 e. The minimum Gasteiger partial charge on any atom is -0.444 e. The average molecular weight is 263 g/mol. The predicted molar refractivity (Wildman–Crippen MR) is 75.9 cm³/mol. The van der Waals surface area contributed by atoms with E-state index in [4.69, 9.17) is 10.5 Å². The second kappa shape index (κ2) is 4.64. The van der Waals surface area contributed by atoms with E-state index in [1.165, 1.54) is 0 Å². The summed E-state index contributed by atoms with van der Waals surface area (Å²) < 4.78 is 5.39. The molecule has 1 heterocycles. The SMILES string of the molecule is CNc1c(N)ccc2c1CN(C(=O)OC(C)(C)C)C2. The summed E-state index contributed by atoms with van der Waals surface area (Å²) in [6, 6.07) is 3.83. The first-order valence-electron chi connectivity index (χ1n) is 6.37. The number of anilines is 2. The van der Waals surface area contributed by atoms with Gasteiger partial charge in [0.2, 0.25) is 0 Å². The lowest BCUT2D eigenvalue weighted by atomic mass is 10.1. The second-order valence-corrected chi connectivity index (χ2v) is 5.75. The van der Waals surface area contributed by atoms with Crippen molar-refractivity contribution in [3.63, 3.8) is 0 Å². The lowest BCUT2D eigenvalue weighted by Gasteiger charge is -2.24. The molecule has 0 aliphatic carbocycles. The van der Waals surface area contributed by atoms with Gasteiger partial charge in [0.05, 0.1) is 17.9 Å². The summed E-state index contributed by atoms with van der Waals surface area (Å²) in [4.78, 5) is 13.8. The highest BCUT2D eigenvalue weighted by Gasteiger charge is 2.29. The van der Waals surface area contributed by atoms with Crippen molar-refractivity contribution in [2.75, 3.05) is 18.1 Å². The van der Waals surface area contributed by atoms with Crippen LogP contribution in [0.5, 0.6) is 0 Å². The van der Waals surface area contributed by atoms with Crippen LogP contribution in [-0.4, -0.2) is 23.6 Å². The van der Waals surface area contributed by atoms with Crippen LogP contribution in [0.15, 0.2) is 12.1 Å². The summed E-state index contributed by atoms with van der Waals surface area (Å²) in [5.41, 5.74) is 9.25. The number of nitrogens with one attached hydrogen (secondary N) is 1. The van der Waals surface area contributed by atoms with Gasteiger partial charge in [-0.1, -0.05) is 6.07 Å². The fourth-order valence-electron chi connectivity index (χ4n) is 2.24. The Labute approximate surface area is 113 Å². The van der Waals surface area contributed by atoms with E-state index in [2.05, 4.69) is 5.32 Å². The minimum atomic E-state index is -0.475. The second-order valence-electron chi connectivity index (χ2n) is 5.75. The van der Waals surface area contributed by atoms with Crippen LogP contribution in [0, 0.1) is 0 Å². The Morgan fingerprint density at radius 2 is 2.05 bits per heavy atom. The molecule has 1 amide bonds. The van der Waals surface area contributed by atoms with Gasteiger partial charge in [0.15, 0.2) is 0 Å². The molecule has 0 aromatic heterocycles. The van der Waals surface area contributed by atoms with Gasteiger partial charge >= 0.3 is 6.09 Å². The predicted octanol–water partition coefficient (Wildman–Crippen LogP) is 2.56. The highest BCUT2D eigenvalue weighted by atomic mass is 16.6. The van der Waals surface area contributed by atoms with Crippen LogP contribution < -0.4 is 11.1 Å². The van der Waals surface area contributed by atoms with Crippen molar-refractivity contribution in [2.45, 2.75) is 39.5 Å². The zero-order chi connectivity index (χ0) is 14.2. The lowest BCUT2D eigenvalue weighted by Crippen LogP contribution is -2.33. The molecule has 0 radical (unpaired) electrons. The summed E-state index contributed by atoms with van der Waals surface area (Å²) in [5, 5.41) is 3.10. The van der Waals surface area contributed by atoms with Gasteiger partial charge in [-0.05, 0) is 32.4 Å². The number of rotatable bonds is 1. The Balaban J connectivity index is 2.19. The molecule has 3 N–H and O–H groups in total. The maximum Gasteiger partial charge on any atom is 0.410 e. The van der Waals surface area contributed by atoms with Crippen LogP contribution >= 0.6 is 0 Å². The number of carbonyl (C=O) groups excluding carboxylic acids is 1. The first-order valence-corrected chi connectivity index (χ1v) is 6.37. The molecule has 104 valence electrons. The highest BCUT2D eigenvalue weighted by molar-refractivity contribution is 5.76. The van der Waals surface area contributed by atoms with Crippen molar-refractivity contribution in [1.29, 1.82) is 0 Å². The number of benzene rings is 1. The number of carbonyl (C=O) groups is 1. The molecular formula is C14H21N3O2. The Morgan fingerprint density at radius 1 is 1.37 bits per heavy atom. The van der Waals surface area contributed by atoms with Gasteiger partial charge in [-0.2, -0.15) is 0 Å². The summed E-state index contributed by atoms with van der Waals surface area (Å²) in [6.07, 6.45) is -0.288. The highest BCUT2D eigenvalue weighted by Crippen LogP contribution is 2.34. The van der Waals surface area contributed by atoms with Gasteiger partial charge in [-0.3, -0.25) is 4.90 Å². The molecule has 1 aliphatic rings. The quantitative estimate of drug-likeness (QED) is 0.764. The molecule has 0 spiro atoms. The van der Waals surface area contributed by atoms with Gasteiger partial charge in [-0.15, -0.1) is 0 Å². The summed E-state index contributed by atoms with van der Waals surface area (Å²) in [6.45, 7) is 6.70. The van der Waals surface area contributed by atoms with E-state index in [0.717, 1.165) is 16.8 Å². The third kappa shape index (κ3) is 2.75. The maximum absolute atomic E-state index is 12.1. The number of nitrogens with zero attached hydrogens (tertiary/aromatic N) is 1. The van der Waals surface area contributed by atoms with Crippen molar-refractivity contribution in [2.24, 2.45) is 0 Å². The van der Waals surface area contributed by atoms with E-state index in [9.17, 15) is 4.79 Å². The number of fused-ring (bicyclic) bond motifs is 1. The monoisotopic (exact) mass is 263 g/mol. The number of nitrogens with two attached hydrogens (primary N) is 1. The number of amides is 1. The van der Waals surface area contributed by atoms with Gasteiger partial charge in [-0.25, -0.2) is 4.79 Å². The topological polar surface area (TPSA) is 67.6 Å². The molecule has 1 aromatic rings. The third-order valence-electron chi connectivity index (χ3n) is 3.05. The molecule has 19 heavy (non-hydrogen) atoms. The van der Waals surface area contributed by atoms with E-state index in [1.54, 1.807) is 4.90 Å². The largest absolute Gasteiger partial charge is 0.444 e. The molecule has 1 aliphatic heterocycles. The molecular weight excluding hydrogens is 242 g/mol. The van der Waals surface area contributed by atoms with Crippen LogP contribution in [-0.2, 0) is 17.8 Å². The van der Waals surface area contributed by atoms with Crippen molar-refractivity contribution >= 4 is 17.5 Å². The Bertz CT molecular complexity index is 506. The zero-order valence-corrected chi connectivity index (χ0v) is 11.9. The molecule has 0 bridgehead atoms. The molecule has 0 saturated carbocycles. The van der Waals surface area contributed by atoms with Crippen molar-refractivity contribution in [1.82, 2.24) is 4.90 Å². The van der Waals surface area contributed by atoms with E-state index < -0.39 is 5.60 Å². The number of hydrogen-bond acceptors (Lipinski definition) is 4. The maximum atomic E-state index is 12.1. The fraction of sp³-hybridized carbons (Fsp3) is 0.500. The standard InChI is InChI=1S/C14H21N3O2/c1-14(2,3)19-13(18)17-7-9-5-6-11(15)12(16-4)10(9)8-17/h5-6,16H,7-8,15H2,1-4H3. The molecule has 1 aromatic carbocycles. The van der Waals surface area contributed by atoms with Crippen molar-refractivity contribution in [3.05, 3.63) is 23.3 Å². The van der Waals surface area contributed by atoms with Crippen LogP contribution in [0.3, 0.4) is 0 Å². The molecule has 2 rings (SSSR count). The Morgan fingerprint density at radius 3 is 2.63 bits per heavy atom. The molecule has 0 atom stereocenters. The van der Waals surface area contributed by atoms with E-state index in [-0.39, 0.29) is 6.09 Å². The van der Waals surface area contributed by atoms with Crippen LogP contribution in [0.1, 0.15) is 31.9 Å².